The predicted molar refractivity (Wildman–Crippen MR) is 63.1 cm³/mol. The summed E-state index contributed by atoms with van der Waals surface area (Å²) in [6, 6.07) is 6.01. The first kappa shape index (κ1) is 10.1. The highest BCUT2D eigenvalue weighted by molar-refractivity contribution is 9.10. The lowest BCUT2D eigenvalue weighted by Crippen LogP contribution is -2.43. The van der Waals surface area contributed by atoms with Crippen molar-refractivity contribution < 1.29 is 4.84 Å². The van der Waals surface area contributed by atoms with E-state index in [2.05, 4.69) is 41.3 Å². The number of hydrogen-bond acceptors (Lipinski definition) is 3. The molecule has 1 aromatic rings. The number of benzene rings is 1. The zero-order valence-electron chi connectivity index (χ0n) is 7.93. The molecule has 1 aliphatic heterocycles. The van der Waals surface area contributed by atoms with Gasteiger partial charge < -0.3 is 4.84 Å². The van der Waals surface area contributed by atoms with Crippen molar-refractivity contribution in [1.29, 1.82) is 0 Å². The van der Waals surface area contributed by atoms with E-state index in [4.69, 9.17) is 17.1 Å². The molecular formula is C10H10BrNOS. The topological polar surface area (TPSA) is 21.3 Å². The molecule has 0 aliphatic carbocycles. The minimum atomic E-state index is -0.207. The van der Waals surface area contributed by atoms with Gasteiger partial charge in [-0.2, -0.15) is 0 Å². The molecule has 74 valence electrons. The number of hydroxylamine groups is 1. The largest absolute Gasteiger partial charge is 0.395 e. The second-order valence-corrected chi connectivity index (χ2v) is 5.09. The molecule has 2 nitrogen and oxygen atoms in total. The Hall–Kier alpha value is -0.450. The summed E-state index contributed by atoms with van der Waals surface area (Å²) in [6.45, 7) is 4.11. The lowest BCUT2D eigenvalue weighted by molar-refractivity contribution is 0.0895. The fraction of sp³-hybridized carbons (Fsp3) is 0.300. The summed E-state index contributed by atoms with van der Waals surface area (Å²) >= 11 is 8.56. The molecule has 0 fully saturated rings. The Morgan fingerprint density at radius 3 is 2.86 bits per heavy atom. The Labute approximate surface area is 96.7 Å². The van der Waals surface area contributed by atoms with Crippen LogP contribution in [0.1, 0.15) is 25.0 Å². The highest BCUT2D eigenvalue weighted by Crippen LogP contribution is 2.30. The molecule has 0 spiro atoms. The van der Waals surface area contributed by atoms with E-state index in [-0.39, 0.29) is 5.54 Å². The standard InChI is InChI=1S/C10H10BrNOS/c1-10(2)8-5-6(11)3-4-7(8)9(14)13-12-10/h3-5,12H,1-2H3. The van der Waals surface area contributed by atoms with Crippen LogP contribution in [0.25, 0.3) is 0 Å². The smallest absolute Gasteiger partial charge is 0.218 e. The Morgan fingerprint density at radius 1 is 1.43 bits per heavy atom. The van der Waals surface area contributed by atoms with E-state index in [1.165, 1.54) is 0 Å². The van der Waals surface area contributed by atoms with Crippen LogP contribution in [0.5, 0.6) is 0 Å². The fourth-order valence-corrected chi connectivity index (χ4v) is 2.08. The number of rotatable bonds is 0. The van der Waals surface area contributed by atoms with Gasteiger partial charge in [0.2, 0.25) is 5.05 Å². The van der Waals surface area contributed by atoms with Crippen LogP contribution >= 0.6 is 28.1 Å². The molecule has 0 atom stereocenters. The maximum absolute atomic E-state index is 5.23. The van der Waals surface area contributed by atoms with Crippen LogP contribution in [-0.4, -0.2) is 5.05 Å². The average Bonchev–Trinajstić information content (AvgIpc) is 2.12. The van der Waals surface area contributed by atoms with Crippen molar-refractivity contribution in [3.05, 3.63) is 33.8 Å². The SMILES string of the molecule is CC1(C)NOC(=S)c2ccc(Br)cc21. The first-order valence-electron chi connectivity index (χ1n) is 4.29. The molecule has 1 aliphatic rings. The predicted octanol–water partition coefficient (Wildman–Crippen LogP) is 2.89. The van der Waals surface area contributed by atoms with E-state index in [1.54, 1.807) is 0 Å². The van der Waals surface area contributed by atoms with Gasteiger partial charge in [-0.15, -0.1) is 5.48 Å². The van der Waals surface area contributed by atoms with Crippen LogP contribution in [0.2, 0.25) is 0 Å². The van der Waals surface area contributed by atoms with E-state index in [1.807, 2.05) is 12.1 Å². The molecule has 0 bridgehead atoms. The zero-order valence-corrected chi connectivity index (χ0v) is 10.3. The normalized spacial score (nSPS) is 18.6. The van der Waals surface area contributed by atoms with E-state index in [9.17, 15) is 0 Å². The monoisotopic (exact) mass is 271 g/mol. The van der Waals surface area contributed by atoms with Crippen molar-refractivity contribution in [2.75, 3.05) is 0 Å². The van der Waals surface area contributed by atoms with Gasteiger partial charge in [0.05, 0.1) is 5.54 Å². The van der Waals surface area contributed by atoms with Crippen molar-refractivity contribution >= 4 is 33.2 Å². The second-order valence-electron chi connectivity index (χ2n) is 3.81. The molecule has 0 aromatic heterocycles. The van der Waals surface area contributed by atoms with Crippen LogP contribution in [0.3, 0.4) is 0 Å². The number of hydrogen-bond donors (Lipinski definition) is 1. The van der Waals surface area contributed by atoms with Gasteiger partial charge in [0.15, 0.2) is 0 Å². The lowest BCUT2D eigenvalue weighted by Gasteiger charge is -2.33. The second kappa shape index (κ2) is 3.29. The van der Waals surface area contributed by atoms with Gasteiger partial charge >= 0.3 is 0 Å². The third kappa shape index (κ3) is 1.58. The molecule has 14 heavy (non-hydrogen) atoms. The minimum Gasteiger partial charge on any atom is -0.395 e. The highest BCUT2D eigenvalue weighted by Gasteiger charge is 2.31. The third-order valence-corrected chi connectivity index (χ3v) is 3.07. The van der Waals surface area contributed by atoms with Crippen molar-refractivity contribution in [2.24, 2.45) is 0 Å². The first-order chi connectivity index (χ1) is 6.50. The summed E-state index contributed by atoms with van der Waals surface area (Å²) in [6.07, 6.45) is 0. The molecule has 4 heteroatoms. The molecule has 0 unspecified atom stereocenters. The summed E-state index contributed by atoms with van der Waals surface area (Å²) in [7, 11) is 0. The Bertz CT molecular complexity index is 403. The maximum Gasteiger partial charge on any atom is 0.218 e. The Kier molecular flexibility index (Phi) is 2.37. The minimum absolute atomic E-state index is 0.207. The molecule has 1 N–H and O–H groups in total. The van der Waals surface area contributed by atoms with Crippen LogP contribution < -0.4 is 5.48 Å². The van der Waals surface area contributed by atoms with Crippen LogP contribution in [0.15, 0.2) is 22.7 Å². The molecular weight excluding hydrogens is 262 g/mol. The summed E-state index contributed by atoms with van der Waals surface area (Å²) in [4.78, 5) is 5.23. The van der Waals surface area contributed by atoms with Crippen molar-refractivity contribution in [3.63, 3.8) is 0 Å². The van der Waals surface area contributed by atoms with Crippen LogP contribution in [0.4, 0.5) is 0 Å². The van der Waals surface area contributed by atoms with E-state index in [0.717, 1.165) is 15.6 Å². The summed E-state index contributed by atoms with van der Waals surface area (Å²) < 4.78 is 1.05. The van der Waals surface area contributed by atoms with Crippen LogP contribution in [-0.2, 0) is 10.4 Å². The van der Waals surface area contributed by atoms with Gasteiger partial charge in [0.25, 0.3) is 0 Å². The number of nitrogens with one attached hydrogen (secondary N) is 1. The van der Waals surface area contributed by atoms with Gasteiger partial charge in [-0.3, -0.25) is 0 Å². The Morgan fingerprint density at radius 2 is 2.14 bits per heavy atom. The number of fused-ring (bicyclic) bond motifs is 1. The fourth-order valence-electron chi connectivity index (χ4n) is 1.50. The van der Waals surface area contributed by atoms with Gasteiger partial charge in [0, 0.05) is 10.0 Å². The molecule has 0 amide bonds. The third-order valence-electron chi connectivity index (χ3n) is 2.27. The first-order valence-corrected chi connectivity index (χ1v) is 5.49. The molecule has 1 aromatic carbocycles. The summed E-state index contributed by atoms with van der Waals surface area (Å²) in [5.74, 6) is 0. The highest BCUT2D eigenvalue weighted by atomic mass is 79.9. The van der Waals surface area contributed by atoms with Crippen molar-refractivity contribution in [2.45, 2.75) is 19.4 Å². The maximum atomic E-state index is 5.23. The lowest BCUT2D eigenvalue weighted by atomic mass is 9.90. The number of thiocarbonyl (C=S) groups is 1. The van der Waals surface area contributed by atoms with E-state index >= 15 is 0 Å². The van der Waals surface area contributed by atoms with Gasteiger partial charge in [-0.1, -0.05) is 15.9 Å². The van der Waals surface area contributed by atoms with Gasteiger partial charge in [-0.05, 0) is 49.8 Å². The molecule has 0 saturated carbocycles. The number of halogens is 1. The summed E-state index contributed by atoms with van der Waals surface area (Å²) in [5, 5.41) is 0.506. The molecule has 1 heterocycles. The van der Waals surface area contributed by atoms with Gasteiger partial charge in [-0.25, -0.2) is 0 Å². The van der Waals surface area contributed by atoms with Crippen molar-refractivity contribution in [1.82, 2.24) is 5.48 Å². The quantitative estimate of drug-likeness (QED) is 0.734. The Balaban J connectivity index is 2.64. The molecule has 0 saturated heterocycles. The average molecular weight is 272 g/mol. The van der Waals surface area contributed by atoms with E-state index < -0.39 is 0 Å². The molecule has 0 radical (unpaired) electrons. The molecule has 2 rings (SSSR count). The zero-order chi connectivity index (χ0) is 10.3. The van der Waals surface area contributed by atoms with E-state index in [0.29, 0.717) is 5.05 Å². The van der Waals surface area contributed by atoms with Crippen LogP contribution in [0, 0.1) is 0 Å². The summed E-state index contributed by atoms with van der Waals surface area (Å²) in [5.41, 5.74) is 4.87. The van der Waals surface area contributed by atoms with Crippen molar-refractivity contribution in [3.8, 4) is 0 Å². The van der Waals surface area contributed by atoms with Gasteiger partial charge in [0.1, 0.15) is 0 Å².